The zero-order valence-corrected chi connectivity index (χ0v) is 20.1. The highest BCUT2D eigenvalue weighted by molar-refractivity contribution is 6.30. The van der Waals surface area contributed by atoms with E-state index in [1.165, 1.54) is 16.9 Å². The van der Waals surface area contributed by atoms with Crippen LogP contribution in [0.3, 0.4) is 0 Å². The number of aryl methyl sites for hydroxylation is 1. The third kappa shape index (κ3) is 5.05. The van der Waals surface area contributed by atoms with Gasteiger partial charge in [-0.05, 0) is 31.0 Å². The molecule has 12 heteroatoms. The van der Waals surface area contributed by atoms with Crippen molar-refractivity contribution in [3.8, 4) is 16.9 Å². The molecule has 0 bridgehead atoms. The first-order valence-corrected chi connectivity index (χ1v) is 11.4. The molecule has 3 heterocycles. The van der Waals surface area contributed by atoms with Crippen molar-refractivity contribution < 1.29 is 14.7 Å². The molecule has 1 aliphatic heterocycles. The molecule has 4 rings (SSSR count). The van der Waals surface area contributed by atoms with Crippen LogP contribution in [0.1, 0.15) is 23.2 Å². The first-order chi connectivity index (χ1) is 16.7. The maximum atomic E-state index is 13.4. The number of urea groups is 1. The Morgan fingerprint density at radius 1 is 1.20 bits per heavy atom. The summed E-state index contributed by atoms with van der Waals surface area (Å²) in [7, 11) is 3.26. The number of benzene rings is 1. The number of aliphatic hydroxyl groups excluding tert-OH is 1. The number of piperidine rings is 1. The molecule has 0 spiro atoms. The van der Waals surface area contributed by atoms with Gasteiger partial charge in [-0.3, -0.25) is 14.3 Å². The monoisotopic (exact) mass is 499 g/mol. The van der Waals surface area contributed by atoms with Gasteiger partial charge in [0.1, 0.15) is 11.3 Å². The Bertz CT molecular complexity index is 1290. The van der Waals surface area contributed by atoms with Gasteiger partial charge in [-0.2, -0.15) is 14.9 Å². The number of nitrogens with zero attached hydrogens (tertiary/aromatic N) is 5. The van der Waals surface area contributed by atoms with Crippen LogP contribution in [0, 0.1) is 0 Å². The fourth-order valence-corrected chi connectivity index (χ4v) is 4.16. The van der Waals surface area contributed by atoms with E-state index in [9.17, 15) is 19.5 Å². The van der Waals surface area contributed by atoms with Crippen LogP contribution in [-0.2, 0) is 7.05 Å². The van der Waals surface area contributed by atoms with Crippen LogP contribution in [0.25, 0.3) is 16.9 Å². The lowest BCUT2D eigenvalue weighted by Crippen LogP contribution is -2.59. The number of nitrogens with one attached hydrogen (secondary N) is 2. The number of aromatic nitrogens is 4. The second-order valence-corrected chi connectivity index (χ2v) is 8.91. The lowest BCUT2D eigenvalue weighted by Gasteiger charge is -2.41. The van der Waals surface area contributed by atoms with E-state index in [1.807, 2.05) is 0 Å². The molecule has 0 atom stereocenters. The lowest BCUT2D eigenvalue weighted by atomic mass is 9.88. The van der Waals surface area contributed by atoms with Gasteiger partial charge in [0.25, 0.3) is 11.5 Å². The fraction of sp³-hybridized carbons (Fsp3) is 0.348. The maximum Gasteiger partial charge on any atom is 0.317 e. The topological polar surface area (TPSA) is 134 Å². The van der Waals surface area contributed by atoms with Crippen LogP contribution in [0.4, 0.5) is 4.79 Å². The molecular weight excluding hydrogens is 474 g/mol. The zero-order chi connectivity index (χ0) is 25.2. The van der Waals surface area contributed by atoms with Gasteiger partial charge in [-0.15, -0.1) is 0 Å². The second kappa shape index (κ2) is 9.88. The molecule has 1 aliphatic rings. The minimum Gasteiger partial charge on any atom is -0.394 e. The van der Waals surface area contributed by atoms with E-state index in [-0.39, 0.29) is 18.2 Å². The normalized spacial score (nSPS) is 15.0. The Kier molecular flexibility index (Phi) is 6.90. The number of halogens is 1. The fourth-order valence-electron chi connectivity index (χ4n) is 4.04. The molecule has 0 unspecified atom stereocenters. The standard InChI is InChI=1S/C23H26ClN7O4/c1-25-22(35)30-9-7-23(14-32,8-10-30)27-20(33)18-11-19(15-3-5-16(24)6-4-15)28-31(21(18)34)17-12-26-29(2)13-17/h3-6,11-13,32H,7-10,14H2,1-2H3,(H,25,35)(H,27,33). The summed E-state index contributed by atoms with van der Waals surface area (Å²) in [5, 5.41) is 24.7. The molecule has 1 fully saturated rings. The lowest BCUT2D eigenvalue weighted by molar-refractivity contribution is 0.0671. The molecule has 2 aromatic heterocycles. The van der Waals surface area contributed by atoms with Crippen LogP contribution < -0.4 is 16.2 Å². The molecule has 35 heavy (non-hydrogen) atoms. The Hall–Kier alpha value is -3.70. The van der Waals surface area contributed by atoms with Crippen molar-refractivity contribution in [1.29, 1.82) is 0 Å². The van der Waals surface area contributed by atoms with Crippen molar-refractivity contribution in [3.05, 3.63) is 63.7 Å². The molecule has 3 amide bonds. The van der Waals surface area contributed by atoms with Crippen molar-refractivity contribution in [2.45, 2.75) is 18.4 Å². The summed E-state index contributed by atoms with van der Waals surface area (Å²) in [5.74, 6) is -0.632. The average Bonchev–Trinajstić information content (AvgIpc) is 3.30. The summed E-state index contributed by atoms with van der Waals surface area (Å²) >= 11 is 6.01. The number of amides is 3. The highest BCUT2D eigenvalue weighted by atomic mass is 35.5. The largest absolute Gasteiger partial charge is 0.394 e. The van der Waals surface area contributed by atoms with E-state index in [1.54, 1.807) is 49.5 Å². The Balaban J connectivity index is 1.70. The molecule has 1 saturated heterocycles. The van der Waals surface area contributed by atoms with Crippen molar-refractivity contribution in [2.24, 2.45) is 7.05 Å². The minimum absolute atomic E-state index is 0.129. The van der Waals surface area contributed by atoms with Crippen molar-refractivity contribution in [1.82, 2.24) is 35.1 Å². The summed E-state index contributed by atoms with van der Waals surface area (Å²) in [6, 6.07) is 8.09. The number of aliphatic hydroxyl groups is 1. The van der Waals surface area contributed by atoms with Crippen LogP contribution >= 0.6 is 11.6 Å². The third-order valence-electron chi connectivity index (χ3n) is 6.13. The first-order valence-electron chi connectivity index (χ1n) is 11.0. The summed E-state index contributed by atoms with van der Waals surface area (Å²) < 4.78 is 2.66. The summed E-state index contributed by atoms with van der Waals surface area (Å²) in [4.78, 5) is 40.3. The summed E-state index contributed by atoms with van der Waals surface area (Å²) in [6.07, 6.45) is 3.78. The average molecular weight is 500 g/mol. The predicted octanol–water partition coefficient (Wildman–Crippen LogP) is 1.18. The molecule has 0 aliphatic carbocycles. The molecule has 1 aromatic carbocycles. The van der Waals surface area contributed by atoms with Crippen LogP contribution in [0.2, 0.25) is 5.02 Å². The molecule has 11 nitrogen and oxygen atoms in total. The van der Waals surface area contributed by atoms with Gasteiger partial charge >= 0.3 is 6.03 Å². The minimum atomic E-state index is -0.961. The van der Waals surface area contributed by atoms with E-state index in [2.05, 4.69) is 20.8 Å². The number of likely N-dealkylation sites (tertiary alicyclic amines) is 1. The van der Waals surface area contributed by atoms with E-state index >= 15 is 0 Å². The number of hydrogen-bond donors (Lipinski definition) is 3. The predicted molar refractivity (Wildman–Crippen MR) is 130 cm³/mol. The molecule has 184 valence electrons. The highest BCUT2D eigenvalue weighted by Crippen LogP contribution is 2.24. The number of hydrogen-bond acceptors (Lipinski definition) is 6. The van der Waals surface area contributed by atoms with E-state index < -0.39 is 17.0 Å². The van der Waals surface area contributed by atoms with Crippen LogP contribution in [0.15, 0.2) is 47.5 Å². The summed E-state index contributed by atoms with van der Waals surface area (Å²) in [5.41, 5.74) is -0.256. The number of rotatable bonds is 5. The molecule has 0 saturated carbocycles. The smallest absolute Gasteiger partial charge is 0.317 e. The van der Waals surface area contributed by atoms with Gasteiger partial charge in [-0.1, -0.05) is 23.7 Å². The van der Waals surface area contributed by atoms with Gasteiger partial charge in [0, 0.05) is 37.8 Å². The molecule has 3 N–H and O–H groups in total. The van der Waals surface area contributed by atoms with Crippen LogP contribution in [-0.4, -0.2) is 73.8 Å². The molecule has 3 aromatic rings. The molecular formula is C23H26ClN7O4. The van der Waals surface area contributed by atoms with Crippen LogP contribution in [0.5, 0.6) is 0 Å². The van der Waals surface area contributed by atoms with Gasteiger partial charge in [0.2, 0.25) is 0 Å². The Morgan fingerprint density at radius 2 is 1.89 bits per heavy atom. The van der Waals surface area contributed by atoms with Gasteiger partial charge in [0.05, 0.1) is 30.2 Å². The highest BCUT2D eigenvalue weighted by Gasteiger charge is 2.37. The quantitative estimate of drug-likeness (QED) is 0.482. The molecule has 0 radical (unpaired) electrons. The third-order valence-corrected chi connectivity index (χ3v) is 6.39. The zero-order valence-electron chi connectivity index (χ0n) is 19.4. The summed E-state index contributed by atoms with van der Waals surface area (Å²) in [6.45, 7) is 0.381. The Morgan fingerprint density at radius 3 is 2.46 bits per heavy atom. The number of carbonyl (C=O) groups excluding carboxylic acids is 2. The van der Waals surface area contributed by atoms with Crippen molar-refractivity contribution >= 4 is 23.5 Å². The van der Waals surface area contributed by atoms with E-state index in [0.717, 1.165) is 4.68 Å². The van der Waals surface area contributed by atoms with Gasteiger partial charge in [-0.25, -0.2) is 4.79 Å². The van der Waals surface area contributed by atoms with Crippen molar-refractivity contribution in [3.63, 3.8) is 0 Å². The SMILES string of the molecule is CNC(=O)N1CCC(CO)(NC(=O)c2cc(-c3ccc(Cl)cc3)nn(-c3cnn(C)c3)c2=O)CC1. The van der Waals surface area contributed by atoms with Gasteiger partial charge in [0.15, 0.2) is 0 Å². The number of carbonyl (C=O) groups is 2. The van der Waals surface area contributed by atoms with Crippen molar-refractivity contribution in [2.75, 3.05) is 26.7 Å². The maximum absolute atomic E-state index is 13.4. The van der Waals surface area contributed by atoms with E-state index in [4.69, 9.17) is 11.6 Å². The second-order valence-electron chi connectivity index (χ2n) is 8.47. The first kappa shape index (κ1) is 24.4. The van der Waals surface area contributed by atoms with Gasteiger partial charge < -0.3 is 20.6 Å². The Labute approximate surface area is 206 Å². The van der Waals surface area contributed by atoms with E-state index in [0.29, 0.717) is 47.9 Å².